The molecule has 17 heavy (non-hydrogen) atoms. The molecule has 0 radical (unpaired) electrons. The molecule has 2 aliphatic rings. The molecule has 1 saturated carbocycles. The van der Waals surface area contributed by atoms with Crippen LogP contribution in [0.4, 0.5) is 0 Å². The number of nitrogens with one attached hydrogen (secondary N) is 1. The van der Waals surface area contributed by atoms with Gasteiger partial charge in [-0.1, -0.05) is 0 Å². The molecule has 1 N–H and O–H groups in total. The Balaban J connectivity index is 2.02. The van der Waals surface area contributed by atoms with Crippen LogP contribution in [-0.4, -0.2) is 56.8 Å². The van der Waals surface area contributed by atoms with Crippen molar-refractivity contribution in [1.82, 2.24) is 13.9 Å². The first kappa shape index (κ1) is 13.3. The monoisotopic (exact) mass is 261 g/mol. The highest BCUT2D eigenvalue weighted by Gasteiger charge is 2.39. The fourth-order valence-corrected chi connectivity index (χ4v) is 3.73. The van der Waals surface area contributed by atoms with E-state index in [-0.39, 0.29) is 6.04 Å². The van der Waals surface area contributed by atoms with Crippen LogP contribution in [0.2, 0.25) is 0 Å². The van der Waals surface area contributed by atoms with Crippen LogP contribution in [0.1, 0.15) is 25.7 Å². The van der Waals surface area contributed by atoms with Crippen molar-refractivity contribution in [2.75, 3.05) is 33.7 Å². The molecule has 1 heterocycles. The third-order valence-corrected chi connectivity index (χ3v) is 5.57. The summed E-state index contributed by atoms with van der Waals surface area (Å²) in [5.41, 5.74) is 0. The van der Waals surface area contributed by atoms with E-state index in [2.05, 4.69) is 5.32 Å². The minimum Gasteiger partial charge on any atom is -0.317 e. The van der Waals surface area contributed by atoms with Gasteiger partial charge in [-0.2, -0.15) is 17.0 Å². The first-order chi connectivity index (χ1) is 8.01. The van der Waals surface area contributed by atoms with Gasteiger partial charge in [0.05, 0.1) is 0 Å². The summed E-state index contributed by atoms with van der Waals surface area (Å²) in [5.74, 6) is 0.520. The van der Waals surface area contributed by atoms with E-state index in [0.717, 1.165) is 38.8 Å². The Morgan fingerprint density at radius 1 is 1.12 bits per heavy atom. The second-order valence-corrected chi connectivity index (χ2v) is 7.38. The predicted octanol–water partition coefficient (Wildman–Crippen LogP) is 0.257. The first-order valence-electron chi connectivity index (χ1n) is 6.42. The molecule has 0 aromatic heterocycles. The van der Waals surface area contributed by atoms with Gasteiger partial charge in [0.15, 0.2) is 0 Å². The number of hydrogen-bond acceptors (Lipinski definition) is 3. The van der Waals surface area contributed by atoms with Crippen molar-refractivity contribution >= 4 is 10.2 Å². The van der Waals surface area contributed by atoms with Crippen LogP contribution in [0.3, 0.4) is 0 Å². The van der Waals surface area contributed by atoms with Gasteiger partial charge in [-0.3, -0.25) is 0 Å². The van der Waals surface area contributed by atoms with E-state index < -0.39 is 10.2 Å². The quantitative estimate of drug-likeness (QED) is 0.772. The van der Waals surface area contributed by atoms with Crippen LogP contribution < -0.4 is 5.32 Å². The molecule has 2 rings (SSSR count). The lowest BCUT2D eigenvalue weighted by Gasteiger charge is -2.31. The maximum atomic E-state index is 12.2. The Bertz CT molecular complexity index is 346. The van der Waals surface area contributed by atoms with Crippen molar-refractivity contribution in [3.05, 3.63) is 0 Å². The lowest BCUT2D eigenvalue weighted by atomic mass is 9.98. The highest BCUT2D eigenvalue weighted by atomic mass is 32.2. The third kappa shape index (κ3) is 3.19. The largest absolute Gasteiger partial charge is 0.317 e. The third-order valence-electron chi connectivity index (χ3n) is 3.61. The van der Waals surface area contributed by atoms with Crippen molar-refractivity contribution in [2.24, 2.45) is 5.92 Å². The maximum Gasteiger partial charge on any atom is 0.281 e. The van der Waals surface area contributed by atoms with Crippen LogP contribution in [0, 0.1) is 5.92 Å². The predicted molar refractivity (Wildman–Crippen MR) is 67.9 cm³/mol. The van der Waals surface area contributed by atoms with Gasteiger partial charge in [-0.25, -0.2) is 0 Å². The van der Waals surface area contributed by atoms with E-state index in [1.165, 1.54) is 4.31 Å². The van der Waals surface area contributed by atoms with Crippen LogP contribution in [0.25, 0.3) is 0 Å². The molecule has 0 unspecified atom stereocenters. The zero-order chi connectivity index (χ0) is 12.5. The smallest absolute Gasteiger partial charge is 0.281 e. The van der Waals surface area contributed by atoms with Gasteiger partial charge >= 0.3 is 0 Å². The highest BCUT2D eigenvalue weighted by Crippen LogP contribution is 2.31. The first-order valence-corrected chi connectivity index (χ1v) is 7.81. The molecular weight excluding hydrogens is 238 g/mol. The Kier molecular flexibility index (Phi) is 4.07. The maximum absolute atomic E-state index is 12.2. The molecule has 0 bridgehead atoms. The summed E-state index contributed by atoms with van der Waals surface area (Å²) >= 11 is 0. The Morgan fingerprint density at radius 2 is 1.71 bits per heavy atom. The number of hydrogen-bond donors (Lipinski definition) is 1. The van der Waals surface area contributed by atoms with Crippen LogP contribution >= 0.6 is 0 Å². The van der Waals surface area contributed by atoms with Crippen LogP contribution in [0.15, 0.2) is 0 Å². The molecule has 1 aliphatic carbocycles. The molecule has 0 amide bonds. The number of piperidine rings is 1. The topological polar surface area (TPSA) is 52.7 Å². The van der Waals surface area contributed by atoms with Gasteiger partial charge < -0.3 is 5.32 Å². The minimum absolute atomic E-state index is 0.261. The average Bonchev–Trinajstić information content (AvgIpc) is 3.10. The van der Waals surface area contributed by atoms with Crippen molar-refractivity contribution < 1.29 is 8.42 Å². The van der Waals surface area contributed by atoms with Crippen molar-refractivity contribution in [3.8, 4) is 0 Å². The van der Waals surface area contributed by atoms with E-state index >= 15 is 0 Å². The molecule has 1 saturated heterocycles. The van der Waals surface area contributed by atoms with Crippen molar-refractivity contribution in [3.63, 3.8) is 0 Å². The number of nitrogens with zero attached hydrogens (tertiary/aromatic N) is 2. The van der Waals surface area contributed by atoms with Gasteiger partial charge in [0, 0.05) is 26.7 Å². The molecule has 0 aromatic carbocycles. The lowest BCUT2D eigenvalue weighted by molar-refractivity contribution is 0.273. The summed E-state index contributed by atoms with van der Waals surface area (Å²) in [5, 5.41) is 3.32. The van der Waals surface area contributed by atoms with Gasteiger partial charge in [0.25, 0.3) is 10.2 Å². The molecule has 0 atom stereocenters. The summed E-state index contributed by atoms with van der Waals surface area (Å²) in [6.45, 7) is 2.74. The highest BCUT2D eigenvalue weighted by molar-refractivity contribution is 7.86. The summed E-state index contributed by atoms with van der Waals surface area (Å²) in [6.07, 6.45) is 4.23. The summed E-state index contributed by atoms with van der Waals surface area (Å²) in [7, 11) is 0.00752. The molecule has 0 spiro atoms. The van der Waals surface area contributed by atoms with E-state index in [1.807, 2.05) is 0 Å². The second-order valence-electron chi connectivity index (χ2n) is 5.28. The minimum atomic E-state index is -3.23. The average molecular weight is 261 g/mol. The van der Waals surface area contributed by atoms with Gasteiger partial charge in [0.1, 0.15) is 0 Å². The normalized spacial score (nSPS) is 23.5. The van der Waals surface area contributed by atoms with E-state index in [1.54, 1.807) is 18.4 Å². The SMILES string of the molecule is CN(C)S(=O)(=O)N(CC1CCNCC1)C1CC1. The summed E-state index contributed by atoms with van der Waals surface area (Å²) < 4.78 is 27.5. The molecule has 5 nitrogen and oxygen atoms in total. The van der Waals surface area contributed by atoms with E-state index in [9.17, 15) is 8.42 Å². The molecular formula is C11H23N3O2S. The van der Waals surface area contributed by atoms with E-state index in [4.69, 9.17) is 0 Å². The van der Waals surface area contributed by atoms with Crippen LogP contribution in [-0.2, 0) is 10.2 Å². The van der Waals surface area contributed by atoms with E-state index in [0.29, 0.717) is 12.5 Å². The van der Waals surface area contributed by atoms with Gasteiger partial charge in [-0.05, 0) is 44.7 Å². The molecule has 2 fully saturated rings. The zero-order valence-electron chi connectivity index (χ0n) is 10.7. The van der Waals surface area contributed by atoms with Gasteiger partial charge in [0.2, 0.25) is 0 Å². The second kappa shape index (κ2) is 5.22. The fourth-order valence-electron chi connectivity index (χ4n) is 2.32. The molecule has 100 valence electrons. The molecule has 0 aromatic rings. The Labute approximate surface area is 104 Å². The Hall–Kier alpha value is -0.170. The standard InChI is InChI=1S/C11H23N3O2S/c1-13(2)17(15,16)14(11-3-4-11)9-10-5-7-12-8-6-10/h10-12H,3-9H2,1-2H3. The summed E-state index contributed by atoms with van der Waals surface area (Å²) in [6, 6.07) is 0.261. The number of rotatable bonds is 5. The Morgan fingerprint density at radius 3 is 2.18 bits per heavy atom. The van der Waals surface area contributed by atoms with Crippen LogP contribution in [0.5, 0.6) is 0 Å². The summed E-state index contributed by atoms with van der Waals surface area (Å²) in [4.78, 5) is 0. The van der Waals surface area contributed by atoms with Crippen molar-refractivity contribution in [2.45, 2.75) is 31.7 Å². The lowest BCUT2D eigenvalue weighted by Crippen LogP contribution is -2.45. The van der Waals surface area contributed by atoms with Crippen molar-refractivity contribution in [1.29, 1.82) is 0 Å². The van der Waals surface area contributed by atoms with Gasteiger partial charge in [-0.15, -0.1) is 0 Å². The fraction of sp³-hybridized carbons (Fsp3) is 1.00. The molecule has 6 heteroatoms. The zero-order valence-corrected chi connectivity index (χ0v) is 11.5. The molecule has 1 aliphatic heterocycles.